The second kappa shape index (κ2) is 12.4. The van der Waals surface area contributed by atoms with Crippen LogP contribution in [0.1, 0.15) is 88.3 Å². The molecule has 3 aromatic rings. The molecule has 2 atom stereocenters. The van der Waals surface area contributed by atoms with Gasteiger partial charge in [-0.15, -0.1) is 0 Å². The molecule has 44 heavy (non-hydrogen) atoms. The third-order valence-corrected chi connectivity index (χ3v) is 10.2. The molecule has 8 nitrogen and oxygen atoms in total. The molecule has 2 saturated heterocycles. The van der Waals surface area contributed by atoms with E-state index >= 15 is 4.79 Å². The number of piperidine rings is 2. The summed E-state index contributed by atoms with van der Waals surface area (Å²) < 4.78 is 49.9. The molecular formula is C35H44N2O6S. The van der Waals surface area contributed by atoms with E-state index in [1.807, 2.05) is 94.4 Å². The van der Waals surface area contributed by atoms with Gasteiger partial charge in [0.2, 0.25) is 0 Å². The molecular weight excluding hydrogens is 576 g/mol. The van der Waals surface area contributed by atoms with Crippen LogP contribution in [-0.4, -0.2) is 45.2 Å². The molecule has 3 aromatic carbocycles. The summed E-state index contributed by atoms with van der Waals surface area (Å²) in [6, 6.07) is 20.7. The number of carbonyl (C=O) groups is 1. The highest BCUT2D eigenvalue weighted by Crippen LogP contribution is 2.51. The van der Waals surface area contributed by atoms with Crippen molar-refractivity contribution in [3.8, 4) is 11.5 Å². The number of ether oxygens (including phenoxy) is 2. The number of anilines is 2. The van der Waals surface area contributed by atoms with Crippen LogP contribution in [0, 0.1) is 0 Å². The van der Waals surface area contributed by atoms with Crippen LogP contribution in [0.5, 0.6) is 11.5 Å². The Labute approximate surface area is 261 Å². The first-order valence-corrected chi connectivity index (χ1v) is 16.8. The van der Waals surface area contributed by atoms with E-state index in [9.17, 15) is 13.0 Å². The summed E-state index contributed by atoms with van der Waals surface area (Å²) >= 11 is 0. The van der Waals surface area contributed by atoms with Crippen molar-refractivity contribution in [2.75, 3.05) is 23.4 Å². The van der Waals surface area contributed by atoms with Crippen molar-refractivity contribution in [2.24, 2.45) is 0 Å². The summed E-state index contributed by atoms with van der Waals surface area (Å²) in [5.41, 5.74) is 2.03. The quantitative estimate of drug-likeness (QED) is 0.252. The summed E-state index contributed by atoms with van der Waals surface area (Å²) in [6.45, 7) is 7.85. The van der Waals surface area contributed by atoms with E-state index in [0.29, 0.717) is 39.6 Å². The summed E-state index contributed by atoms with van der Waals surface area (Å²) in [6.07, 6.45) is 3.39. The van der Waals surface area contributed by atoms with Crippen LogP contribution in [0.4, 0.5) is 11.4 Å². The Morgan fingerprint density at radius 3 is 2.02 bits per heavy atom. The Bertz CT molecular complexity index is 1580. The SMILES string of the molecule is COc1cccc(C2(C(=O)N(c3c(C(C)C)cccc3C(C)C)S(=O)(=O)O)CC3CCCC(C2)N3c2ccccc2OC)c1. The predicted molar refractivity (Wildman–Crippen MR) is 174 cm³/mol. The molecule has 2 heterocycles. The summed E-state index contributed by atoms with van der Waals surface area (Å²) in [5, 5.41) is 0. The van der Waals surface area contributed by atoms with Crippen LogP contribution in [0.2, 0.25) is 0 Å². The summed E-state index contributed by atoms with van der Waals surface area (Å²) in [7, 11) is -1.79. The number of para-hydroxylation sites is 3. The second-order valence-corrected chi connectivity index (χ2v) is 13.9. The Morgan fingerprint density at radius 2 is 1.48 bits per heavy atom. The van der Waals surface area contributed by atoms with Crippen LogP contribution in [0.15, 0.2) is 66.7 Å². The number of hydrogen-bond acceptors (Lipinski definition) is 6. The fourth-order valence-corrected chi connectivity index (χ4v) is 8.23. The van der Waals surface area contributed by atoms with Crippen LogP contribution in [-0.2, 0) is 20.5 Å². The smallest absolute Gasteiger partial charge is 0.366 e. The van der Waals surface area contributed by atoms with E-state index in [2.05, 4.69) is 4.90 Å². The Hall–Kier alpha value is -3.56. The summed E-state index contributed by atoms with van der Waals surface area (Å²) in [4.78, 5) is 17.7. The van der Waals surface area contributed by atoms with Gasteiger partial charge in [-0.3, -0.25) is 9.35 Å². The van der Waals surface area contributed by atoms with Gasteiger partial charge in [0.05, 0.1) is 31.0 Å². The number of carbonyl (C=O) groups excluding carboxylic acids is 1. The number of rotatable bonds is 9. The number of hydrogen-bond donors (Lipinski definition) is 1. The molecule has 9 heteroatoms. The molecule has 0 spiro atoms. The van der Waals surface area contributed by atoms with Gasteiger partial charge in [-0.25, -0.2) is 0 Å². The van der Waals surface area contributed by atoms with Crippen LogP contribution < -0.4 is 18.7 Å². The average molecular weight is 621 g/mol. The first-order valence-electron chi connectivity index (χ1n) is 15.4. The zero-order valence-electron chi connectivity index (χ0n) is 26.5. The zero-order chi connectivity index (χ0) is 31.8. The highest BCUT2D eigenvalue weighted by atomic mass is 32.2. The lowest BCUT2D eigenvalue weighted by Gasteiger charge is -2.55. The maximum absolute atomic E-state index is 15.3. The molecule has 2 aliphatic heterocycles. The minimum atomic E-state index is -5.02. The van der Waals surface area contributed by atoms with E-state index < -0.39 is 21.6 Å². The molecule has 2 bridgehead atoms. The standard InChI is InChI=1S/C35H44N2O6S/c1-23(2)29-16-11-17-30(24(3)4)33(29)37(44(39,40)41)34(38)35(25-12-9-15-28(20-25)42-5)21-26-13-10-14-27(22-35)36(26)31-18-7-8-19-32(31)43-6/h7-9,11-12,15-20,23-24,26-27H,10,13-14,21-22H2,1-6H3,(H,39,40,41). The topological polar surface area (TPSA) is 96.4 Å². The monoisotopic (exact) mass is 620 g/mol. The van der Waals surface area contributed by atoms with Gasteiger partial charge in [-0.05, 0) is 84.9 Å². The van der Waals surface area contributed by atoms with Gasteiger partial charge in [-0.1, -0.05) is 70.2 Å². The van der Waals surface area contributed by atoms with Gasteiger partial charge < -0.3 is 14.4 Å². The molecule has 0 saturated carbocycles. The lowest BCUT2D eigenvalue weighted by Crippen LogP contribution is -2.62. The largest absolute Gasteiger partial charge is 0.497 e. The van der Waals surface area contributed by atoms with Crippen molar-refractivity contribution in [1.82, 2.24) is 0 Å². The van der Waals surface area contributed by atoms with Gasteiger partial charge in [-0.2, -0.15) is 12.7 Å². The van der Waals surface area contributed by atoms with Crippen molar-refractivity contribution >= 4 is 27.6 Å². The maximum Gasteiger partial charge on any atom is 0.366 e. The normalized spacial score (nSPS) is 21.8. The van der Waals surface area contributed by atoms with Gasteiger partial charge in [0.15, 0.2) is 0 Å². The minimum Gasteiger partial charge on any atom is -0.497 e. The highest BCUT2D eigenvalue weighted by Gasteiger charge is 2.55. The van der Waals surface area contributed by atoms with Gasteiger partial charge in [0.25, 0.3) is 5.91 Å². The molecule has 236 valence electrons. The number of benzene rings is 3. The highest BCUT2D eigenvalue weighted by molar-refractivity contribution is 7.88. The molecule has 0 radical (unpaired) electrons. The van der Waals surface area contributed by atoms with E-state index in [-0.39, 0.29) is 29.6 Å². The van der Waals surface area contributed by atoms with E-state index in [0.717, 1.165) is 30.7 Å². The second-order valence-electron chi connectivity index (χ2n) is 12.7. The Balaban J connectivity index is 1.75. The molecule has 0 aromatic heterocycles. The van der Waals surface area contributed by atoms with Gasteiger partial charge >= 0.3 is 10.3 Å². The lowest BCUT2D eigenvalue weighted by atomic mass is 9.64. The van der Waals surface area contributed by atoms with E-state index in [4.69, 9.17) is 9.47 Å². The van der Waals surface area contributed by atoms with Crippen molar-refractivity contribution in [1.29, 1.82) is 0 Å². The number of amides is 1. The number of fused-ring (bicyclic) bond motifs is 2. The molecule has 1 amide bonds. The fraction of sp³-hybridized carbons (Fsp3) is 0.457. The fourth-order valence-electron chi connectivity index (χ4n) is 7.41. The Kier molecular flexibility index (Phi) is 9.01. The first kappa shape index (κ1) is 31.9. The molecule has 2 unspecified atom stereocenters. The van der Waals surface area contributed by atoms with E-state index in [1.54, 1.807) is 14.2 Å². The third-order valence-electron chi connectivity index (χ3n) is 9.39. The minimum absolute atomic E-state index is 0.0675. The zero-order valence-corrected chi connectivity index (χ0v) is 27.3. The van der Waals surface area contributed by atoms with Crippen LogP contribution in [0.25, 0.3) is 0 Å². The number of methoxy groups -OCH3 is 2. The average Bonchev–Trinajstić information content (AvgIpc) is 2.99. The maximum atomic E-state index is 15.3. The van der Waals surface area contributed by atoms with Crippen LogP contribution >= 0.6 is 0 Å². The number of nitrogens with zero attached hydrogens (tertiary/aromatic N) is 2. The predicted octanol–water partition coefficient (Wildman–Crippen LogP) is 7.25. The Morgan fingerprint density at radius 1 is 0.886 bits per heavy atom. The molecule has 2 aliphatic rings. The molecule has 2 fully saturated rings. The van der Waals surface area contributed by atoms with Crippen molar-refractivity contribution in [2.45, 2.75) is 89.1 Å². The van der Waals surface area contributed by atoms with E-state index in [1.165, 1.54) is 0 Å². The molecule has 5 rings (SSSR count). The van der Waals surface area contributed by atoms with Crippen LogP contribution in [0.3, 0.4) is 0 Å². The van der Waals surface area contributed by atoms with Gasteiger partial charge in [0.1, 0.15) is 11.5 Å². The van der Waals surface area contributed by atoms with Crippen molar-refractivity contribution < 1.29 is 27.2 Å². The van der Waals surface area contributed by atoms with Crippen molar-refractivity contribution in [3.63, 3.8) is 0 Å². The lowest BCUT2D eigenvalue weighted by molar-refractivity contribution is -0.125. The third kappa shape index (κ3) is 5.68. The molecule has 0 aliphatic carbocycles. The van der Waals surface area contributed by atoms with Gasteiger partial charge in [0, 0.05) is 12.1 Å². The summed E-state index contributed by atoms with van der Waals surface area (Å²) in [5.74, 6) is 0.507. The first-order chi connectivity index (χ1) is 20.9. The molecule has 1 N–H and O–H groups in total. The van der Waals surface area contributed by atoms with Crippen molar-refractivity contribution in [3.05, 3.63) is 83.4 Å².